The van der Waals surface area contributed by atoms with Crippen LogP contribution >= 0.6 is 0 Å². The molecule has 28 heavy (non-hydrogen) atoms. The molecule has 11 heteroatoms. The molecule has 0 atom stereocenters. The van der Waals surface area contributed by atoms with E-state index in [1.165, 1.54) is 18.5 Å². The first-order chi connectivity index (χ1) is 13.1. The van der Waals surface area contributed by atoms with Gasteiger partial charge in [-0.3, -0.25) is 14.5 Å². The lowest BCUT2D eigenvalue weighted by atomic mass is 10.1. The van der Waals surface area contributed by atoms with Crippen LogP contribution in [0.15, 0.2) is 41.1 Å². The number of nitrogens with two attached hydrogens (primary N) is 1. The summed E-state index contributed by atoms with van der Waals surface area (Å²) in [7, 11) is -3.88. The first kappa shape index (κ1) is 19.4. The minimum atomic E-state index is -3.88. The Labute approximate surface area is 161 Å². The number of ether oxygens (including phenoxy) is 1. The summed E-state index contributed by atoms with van der Waals surface area (Å²) in [6.07, 6.45) is 2.58. The molecule has 0 fully saturated rings. The van der Waals surface area contributed by atoms with E-state index in [2.05, 4.69) is 19.4 Å². The number of pyridine rings is 1. The largest absolute Gasteiger partial charge is 0.505 e. The SMILES string of the molecule is CC(C)(COc1cccc2c1C(N)=NS(=O)(=O)N2)NC(=O)c1ccncc1O. The summed E-state index contributed by atoms with van der Waals surface area (Å²) >= 11 is 0. The Bertz CT molecular complexity index is 1070. The van der Waals surface area contributed by atoms with E-state index < -0.39 is 21.7 Å². The van der Waals surface area contributed by atoms with E-state index in [-0.39, 0.29) is 29.4 Å². The van der Waals surface area contributed by atoms with Crippen molar-refractivity contribution >= 4 is 27.6 Å². The van der Waals surface area contributed by atoms with E-state index in [9.17, 15) is 18.3 Å². The van der Waals surface area contributed by atoms with Crippen molar-refractivity contribution in [3.05, 3.63) is 47.8 Å². The van der Waals surface area contributed by atoms with Crippen molar-refractivity contribution in [2.24, 2.45) is 10.1 Å². The zero-order valence-electron chi connectivity index (χ0n) is 15.1. The van der Waals surface area contributed by atoms with Gasteiger partial charge in [-0.2, -0.15) is 8.42 Å². The summed E-state index contributed by atoms with van der Waals surface area (Å²) in [5.74, 6) is -0.592. The second-order valence-corrected chi connectivity index (χ2v) is 8.09. The molecule has 0 unspecified atom stereocenters. The van der Waals surface area contributed by atoms with E-state index >= 15 is 0 Å². The maximum atomic E-state index is 12.4. The molecule has 10 nitrogen and oxygen atoms in total. The number of nitrogens with zero attached hydrogens (tertiary/aromatic N) is 2. The molecule has 0 aliphatic carbocycles. The monoisotopic (exact) mass is 405 g/mol. The molecule has 148 valence electrons. The van der Waals surface area contributed by atoms with Crippen LogP contribution in [0.1, 0.15) is 29.8 Å². The van der Waals surface area contributed by atoms with Gasteiger partial charge in [0.2, 0.25) is 0 Å². The van der Waals surface area contributed by atoms with Crippen LogP contribution in [0.5, 0.6) is 11.5 Å². The van der Waals surface area contributed by atoms with Gasteiger partial charge >= 0.3 is 10.2 Å². The van der Waals surface area contributed by atoms with Crippen LogP contribution in [-0.4, -0.2) is 42.4 Å². The van der Waals surface area contributed by atoms with E-state index in [4.69, 9.17) is 10.5 Å². The second kappa shape index (κ2) is 7.00. The summed E-state index contributed by atoms with van der Waals surface area (Å²) < 4.78 is 34.8. The van der Waals surface area contributed by atoms with Crippen LogP contribution < -0.4 is 20.5 Å². The number of rotatable bonds is 5. The summed E-state index contributed by atoms with van der Waals surface area (Å²) in [5.41, 5.74) is 5.63. The molecule has 0 bridgehead atoms. The molecule has 1 aromatic carbocycles. The number of carbonyl (C=O) groups is 1. The van der Waals surface area contributed by atoms with Gasteiger partial charge in [0.1, 0.15) is 18.1 Å². The number of aromatic nitrogens is 1. The quantitative estimate of drug-likeness (QED) is 0.572. The molecule has 0 spiro atoms. The third-order valence-corrected chi connectivity index (χ3v) is 4.74. The zero-order valence-corrected chi connectivity index (χ0v) is 15.9. The highest BCUT2D eigenvalue weighted by atomic mass is 32.2. The summed E-state index contributed by atoms with van der Waals surface area (Å²) in [4.78, 5) is 16.1. The number of anilines is 1. The smallest absolute Gasteiger partial charge is 0.344 e. The summed E-state index contributed by atoms with van der Waals surface area (Å²) in [6.45, 7) is 3.51. The van der Waals surface area contributed by atoms with Gasteiger partial charge in [0.05, 0.1) is 28.6 Å². The van der Waals surface area contributed by atoms with Gasteiger partial charge in [0.15, 0.2) is 5.84 Å². The Morgan fingerprint density at radius 1 is 1.36 bits per heavy atom. The fourth-order valence-corrected chi connectivity index (χ4v) is 3.43. The molecule has 2 aromatic rings. The lowest BCUT2D eigenvalue weighted by molar-refractivity contribution is 0.0878. The van der Waals surface area contributed by atoms with Crippen molar-refractivity contribution in [1.82, 2.24) is 10.3 Å². The molecule has 5 N–H and O–H groups in total. The number of amidine groups is 1. The minimum absolute atomic E-state index is 0.0427. The summed E-state index contributed by atoms with van der Waals surface area (Å²) in [6, 6.07) is 6.17. The maximum absolute atomic E-state index is 12.4. The average molecular weight is 405 g/mol. The molecule has 0 saturated carbocycles. The number of nitrogens with one attached hydrogen (secondary N) is 2. The predicted octanol–water partition coefficient (Wildman–Crippen LogP) is 0.750. The normalized spacial score (nSPS) is 15.0. The van der Waals surface area contributed by atoms with Crippen LogP contribution in [0.2, 0.25) is 0 Å². The van der Waals surface area contributed by atoms with Crippen molar-refractivity contribution in [3.8, 4) is 11.5 Å². The molecule has 3 rings (SSSR count). The number of carbonyl (C=O) groups excluding carboxylic acids is 1. The topological polar surface area (TPSA) is 156 Å². The van der Waals surface area contributed by atoms with E-state index in [1.54, 1.807) is 32.0 Å². The van der Waals surface area contributed by atoms with Crippen molar-refractivity contribution in [1.29, 1.82) is 0 Å². The van der Waals surface area contributed by atoms with Gasteiger partial charge in [-0.1, -0.05) is 6.07 Å². The number of hydrogen-bond donors (Lipinski definition) is 4. The summed E-state index contributed by atoms with van der Waals surface area (Å²) in [5, 5.41) is 12.5. The van der Waals surface area contributed by atoms with Crippen LogP contribution in [0.4, 0.5) is 5.69 Å². The lowest BCUT2D eigenvalue weighted by Crippen LogP contribution is -2.48. The molecule has 0 saturated heterocycles. The van der Waals surface area contributed by atoms with Crippen LogP contribution in [0.3, 0.4) is 0 Å². The highest BCUT2D eigenvalue weighted by Gasteiger charge is 2.27. The molecule has 1 aliphatic heterocycles. The molecule has 2 heterocycles. The van der Waals surface area contributed by atoms with Crippen LogP contribution in [0.25, 0.3) is 0 Å². The number of fused-ring (bicyclic) bond motifs is 1. The van der Waals surface area contributed by atoms with Crippen LogP contribution in [0, 0.1) is 0 Å². The molecule has 1 amide bonds. The average Bonchev–Trinajstić information content (AvgIpc) is 2.58. The number of aromatic hydroxyl groups is 1. The van der Waals surface area contributed by atoms with Crippen molar-refractivity contribution in [3.63, 3.8) is 0 Å². The van der Waals surface area contributed by atoms with E-state index in [0.29, 0.717) is 11.3 Å². The maximum Gasteiger partial charge on any atom is 0.344 e. The Morgan fingerprint density at radius 3 is 2.82 bits per heavy atom. The Hall–Kier alpha value is -3.34. The second-order valence-electron chi connectivity index (χ2n) is 6.75. The predicted molar refractivity (Wildman–Crippen MR) is 103 cm³/mol. The Balaban J connectivity index is 1.76. The highest BCUT2D eigenvalue weighted by molar-refractivity contribution is 7.91. The van der Waals surface area contributed by atoms with Crippen molar-refractivity contribution < 1.29 is 23.1 Å². The Kier molecular flexibility index (Phi) is 4.86. The molecule has 1 aliphatic rings. The lowest BCUT2D eigenvalue weighted by Gasteiger charge is -2.27. The molecule has 1 aromatic heterocycles. The molecular weight excluding hydrogens is 386 g/mol. The van der Waals surface area contributed by atoms with E-state index in [1.807, 2.05) is 0 Å². The van der Waals surface area contributed by atoms with Gasteiger partial charge in [-0.25, -0.2) is 0 Å². The van der Waals surface area contributed by atoms with E-state index in [0.717, 1.165) is 0 Å². The minimum Gasteiger partial charge on any atom is -0.505 e. The first-order valence-corrected chi connectivity index (χ1v) is 9.62. The third kappa shape index (κ3) is 4.14. The highest BCUT2D eigenvalue weighted by Crippen LogP contribution is 2.31. The zero-order chi connectivity index (χ0) is 20.5. The van der Waals surface area contributed by atoms with Crippen molar-refractivity contribution in [2.45, 2.75) is 19.4 Å². The van der Waals surface area contributed by atoms with Gasteiger partial charge in [-0.05, 0) is 32.0 Å². The first-order valence-electron chi connectivity index (χ1n) is 8.18. The fraction of sp³-hybridized carbons (Fsp3) is 0.235. The molecule has 0 radical (unpaired) electrons. The van der Waals surface area contributed by atoms with Crippen molar-refractivity contribution in [2.75, 3.05) is 11.3 Å². The standard InChI is InChI=1S/C17H19N5O5S/c1-17(2,20-16(24)10-6-7-19-8-12(10)23)9-27-13-5-3-4-11-14(13)15(18)22-28(25,26)21-11/h3-8,21,23H,9H2,1-2H3,(H2,18,22)(H,20,24). The Morgan fingerprint density at radius 2 is 2.11 bits per heavy atom. The van der Waals surface area contributed by atoms with Gasteiger partial charge in [0, 0.05) is 6.20 Å². The van der Waals surface area contributed by atoms with Gasteiger partial charge in [-0.15, -0.1) is 4.40 Å². The number of benzene rings is 1. The number of hydrogen-bond acceptors (Lipinski definition) is 7. The van der Waals surface area contributed by atoms with Gasteiger partial charge < -0.3 is 20.9 Å². The van der Waals surface area contributed by atoms with Gasteiger partial charge in [0.25, 0.3) is 5.91 Å². The third-order valence-electron chi connectivity index (χ3n) is 3.82. The molecular formula is C17H19N5O5S. The van der Waals surface area contributed by atoms with Crippen LogP contribution in [-0.2, 0) is 10.2 Å². The fourth-order valence-electron chi connectivity index (χ4n) is 2.58. The number of amides is 1.